The van der Waals surface area contributed by atoms with E-state index in [1.54, 1.807) is 18.6 Å². The molecule has 0 bridgehead atoms. The minimum Gasteiger partial charge on any atom is -0.467 e. The van der Waals surface area contributed by atoms with Gasteiger partial charge in [0.05, 0.1) is 24.8 Å². The van der Waals surface area contributed by atoms with Gasteiger partial charge in [0.2, 0.25) is 11.7 Å². The number of carbonyl (C=O) groups is 1. The molecule has 1 amide bonds. The zero-order valence-corrected chi connectivity index (χ0v) is 15.8. The van der Waals surface area contributed by atoms with Crippen LogP contribution in [0, 0.1) is 0 Å². The van der Waals surface area contributed by atoms with Crippen LogP contribution in [-0.2, 0) is 11.3 Å². The van der Waals surface area contributed by atoms with E-state index < -0.39 is 0 Å². The van der Waals surface area contributed by atoms with Gasteiger partial charge in [-0.2, -0.15) is 0 Å². The number of hydrogen-bond donors (Lipinski definition) is 1. The van der Waals surface area contributed by atoms with Gasteiger partial charge in [0.15, 0.2) is 10.9 Å². The van der Waals surface area contributed by atoms with Crippen molar-refractivity contribution in [1.82, 2.24) is 20.1 Å². The second-order valence-electron chi connectivity index (χ2n) is 6.59. The van der Waals surface area contributed by atoms with Crippen LogP contribution in [-0.4, -0.2) is 26.4 Å². The van der Waals surface area contributed by atoms with Gasteiger partial charge >= 0.3 is 0 Å². The topological polar surface area (TPSA) is 86.1 Å². The third-order valence-corrected chi connectivity index (χ3v) is 5.66. The number of aromatic nitrogens is 3. The SMILES string of the molecule is O=C(CSc1nnc(-c2ccco2)n1C1CCCCC1)NCc1ccco1. The first-order chi connectivity index (χ1) is 13.3. The fourth-order valence-electron chi connectivity index (χ4n) is 3.40. The summed E-state index contributed by atoms with van der Waals surface area (Å²) >= 11 is 1.41. The molecule has 0 aliphatic heterocycles. The zero-order chi connectivity index (χ0) is 18.5. The van der Waals surface area contributed by atoms with E-state index in [2.05, 4.69) is 20.1 Å². The molecule has 27 heavy (non-hydrogen) atoms. The number of nitrogens with zero attached hydrogens (tertiary/aromatic N) is 3. The van der Waals surface area contributed by atoms with E-state index in [-0.39, 0.29) is 11.7 Å². The van der Waals surface area contributed by atoms with Gasteiger partial charge in [-0.3, -0.25) is 9.36 Å². The first-order valence-electron chi connectivity index (χ1n) is 9.22. The second-order valence-corrected chi connectivity index (χ2v) is 7.53. The van der Waals surface area contributed by atoms with E-state index in [0.717, 1.165) is 29.6 Å². The Kier molecular flexibility index (Phi) is 5.62. The third kappa shape index (κ3) is 4.27. The van der Waals surface area contributed by atoms with Gasteiger partial charge in [0, 0.05) is 6.04 Å². The van der Waals surface area contributed by atoms with Crippen LogP contribution in [0.2, 0.25) is 0 Å². The van der Waals surface area contributed by atoms with Crippen molar-refractivity contribution in [2.24, 2.45) is 0 Å². The maximum Gasteiger partial charge on any atom is 0.230 e. The summed E-state index contributed by atoms with van der Waals surface area (Å²) < 4.78 is 12.9. The van der Waals surface area contributed by atoms with E-state index >= 15 is 0 Å². The summed E-state index contributed by atoms with van der Waals surface area (Å²) in [5.74, 6) is 2.41. The Balaban J connectivity index is 1.46. The lowest BCUT2D eigenvalue weighted by Crippen LogP contribution is -2.24. The molecule has 1 aliphatic carbocycles. The molecule has 1 saturated carbocycles. The summed E-state index contributed by atoms with van der Waals surface area (Å²) in [7, 11) is 0. The summed E-state index contributed by atoms with van der Waals surface area (Å²) in [6.45, 7) is 0.388. The average Bonchev–Trinajstić information content (AvgIpc) is 3.46. The minimum atomic E-state index is -0.0610. The summed E-state index contributed by atoms with van der Waals surface area (Å²) in [5.41, 5.74) is 0. The minimum absolute atomic E-state index is 0.0610. The number of rotatable bonds is 7. The molecule has 0 saturated heterocycles. The first kappa shape index (κ1) is 17.9. The molecule has 4 rings (SSSR count). The number of nitrogens with one attached hydrogen (secondary N) is 1. The highest BCUT2D eigenvalue weighted by Crippen LogP contribution is 2.35. The second kappa shape index (κ2) is 8.47. The van der Waals surface area contributed by atoms with Gasteiger partial charge in [-0.1, -0.05) is 31.0 Å². The third-order valence-electron chi connectivity index (χ3n) is 4.72. The number of thioether (sulfide) groups is 1. The molecule has 0 aromatic carbocycles. The Bertz CT molecular complexity index is 852. The van der Waals surface area contributed by atoms with Crippen LogP contribution >= 0.6 is 11.8 Å². The lowest BCUT2D eigenvalue weighted by atomic mass is 9.95. The molecule has 3 aromatic heterocycles. The Morgan fingerprint density at radius 3 is 2.70 bits per heavy atom. The fraction of sp³-hybridized carbons (Fsp3) is 0.421. The van der Waals surface area contributed by atoms with Crippen molar-refractivity contribution in [3.63, 3.8) is 0 Å². The Hall–Kier alpha value is -2.48. The molecule has 142 valence electrons. The molecule has 1 aliphatic rings. The number of amides is 1. The predicted octanol–water partition coefficient (Wildman–Crippen LogP) is 4.04. The van der Waals surface area contributed by atoms with Crippen molar-refractivity contribution in [2.75, 3.05) is 5.75 Å². The van der Waals surface area contributed by atoms with Gasteiger partial charge in [0.25, 0.3) is 0 Å². The van der Waals surface area contributed by atoms with Gasteiger partial charge in [0.1, 0.15) is 5.76 Å². The normalized spacial score (nSPS) is 15.1. The lowest BCUT2D eigenvalue weighted by Gasteiger charge is -2.25. The molecule has 8 heteroatoms. The molecule has 3 heterocycles. The largest absolute Gasteiger partial charge is 0.467 e. The molecule has 0 unspecified atom stereocenters. The van der Waals surface area contributed by atoms with Crippen molar-refractivity contribution >= 4 is 17.7 Å². The van der Waals surface area contributed by atoms with Crippen molar-refractivity contribution in [3.05, 3.63) is 42.6 Å². The van der Waals surface area contributed by atoms with E-state index in [0.29, 0.717) is 18.3 Å². The van der Waals surface area contributed by atoms with Crippen LogP contribution in [0.25, 0.3) is 11.6 Å². The molecule has 3 aromatic rings. The van der Waals surface area contributed by atoms with Crippen molar-refractivity contribution in [1.29, 1.82) is 0 Å². The molecule has 0 spiro atoms. The zero-order valence-electron chi connectivity index (χ0n) is 15.0. The van der Waals surface area contributed by atoms with Crippen molar-refractivity contribution in [3.8, 4) is 11.6 Å². The van der Waals surface area contributed by atoms with Crippen LogP contribution in [0.1, 0.15) is 43.9 Å². The average molecular weight is 386 g/mol. The van der Waals surface area contributed by atoms with Crippen LogP contribution < -0.4 is 5.32 Å². The first-order valence-corrected chi connectivity index (χ1v) is 10.2. The van der Waals surface area contributed by atoms with E-state index in [1.165, 1.54) is 31.0 Å². The van der Waals surface area contributed by atoms with Gasteiger partial charge < -0.3 is 14.2 Å². The quantitative estimate of drug-likeness (QED) is 0.617. The number of hydrogen-bond acceptors (Lipinski definition) is 6. The van der Waals surface area contributed by atoms with Crippen molar-refractivity contribution in [2.45, 2.75) is 49.8 Å². The van der Waals surface area contributed by atoms with Gasteiger partial charge in [-0.05, 0) is 37.1 Å². The summed E-state index contributed by atoms with van der Waals surface area (Å²) in [5, 5.41) is 12.3. The number of carbonyl (C=O) groups excluding carboxylic acids is 1. The predicted molar refractivity (Wildman–Crippen MR) is 101 cm³/mol. The highest BCUT2D eigenvalue weighted by Gasteiger charge is 2.25. The summed E-state index contributed by atoms with van der Waals surface area (Å²) in [6, 6.07) is 7.74. The molecule has 1 fully saturated rings. The van der Waals surface area contributed by atoms with Crippen molar-refractivity contribution < 1.29 is 13.6 Å². The van der Waals surface area contributed by atoms with Crippen LogP contribution in [0.5, 0.6) is 0 Å². The maximum absolute atomic E-state index is 12.2. The smallest absolute Gasteiger partial charge is 0.230 e. The van der Waals surface area contributed by atoms with Crippen LogP contribution in [0.4, 0.5) is 0 Å². The maximum atomic E-state index is 12.2. The molecular formula is C19H22N4O3S. The molecule has 0 radical (unpaired) electrons. The van der Waals surface area contributed by atoms with Crippen LogP contribution in [0.3, 0.4) is 0 Å². The Morgan fingerprint density at radius 1 is 1.15 bits per heavy atom. The highest BCUT2D eigenvalue weighted by atomic mass is 32.2. The Morgan fingerprint density at radius 2 is 1.96 bits per heavy atom. The fourth-order valence-corrected chi connectivity index (χ4v) is 4.23. The van der Waals surface area contributed by atoms with Gasteiger partial charge in [-0.25, -0.2) is 0 Å². The molecule has 1 N–H and O–H groups in total. The number of furan rings is 2. The standard InChI is InChI=1S/C19H22N4O3S/c24-17(20-12-15-8-4-10-25-15)13-27-19-22-21-18(16-9-5-11-26-16)23(19)14-6-2-1-3-7-14/h4-5,8-11,14H,1-3,6-7,12-13H2,(H,20,24). The molecule has 0 atom stereocenters. The van der Waals surface area contributed by atoms with E-state index in [9.17, 15) is 4.79 Å². The molecular weight excluding hydrogens is 364 g/mol. The Labute approximate surface area is 161 Å². The summed E-state index contributed by atoms with van der Waals surface area (Å²) in [6.07, 6.45) is 9.12. The summed E-state index contributed by atoms with van der Waals surface area (Å²) in [4.78, 5) is 12.2. The van der Waals surface area contributed by atoms with E-state index in [1.807, 2.05) is 18.2 Å². The van der Waals surface area contributed by atoms with Crippen LogP contribution in [0.15, 0.2) is 50.8 Å². The van der Waals surface area contributed by atoms with Gasteiger partial charge in [-0.15, -0.1) is 10.2 Å². The highest BCUT2D eigenvalue weighted by molar-refractivity contribution is 7.99. The van der Waals surface area contributed by atoms with E-state index in [4.69, 9.17) is 8.83 Å². The monoisotopic (exact) mass is 386 g/mol. The molecule has 7 nitrogen and oxygen atoms in total. The lowest BCUT2D eigenvalue weighted by molar-refractivity contribution is -0.118.